The number of hydrogen-bond donors (Lipinski definition) is 2. The molecule has 3 aromatic rings. The largest absolute Gasteiger partial charge is 0.469 e. The van der Waals surface area contributed by atoms with Crippen molar-refractivity contribution in [3.05, 3.63) is 94.5 Å². The molecule has 0 fully saturated rings. The lowest BCUT2D eigenvalue weighted by molar-refractivity contribution is -0.142. The van der Waals surface area contributed by atoms with E-state index in [1.807, 2.05) is 56.3 Å². The van der Waals surface area contributed by atoms with Gasteiger partial charge < -0.3 is 35.1 Å². The molecule has 0 bridgehead atoms. The van der Waals surface area contributed by atoms with E-state index in [-0.39, 0.29) is 31.5 Å². The Labute approximate surface area is 340 Å². The lowest BCUT2D eigenvalue weighted by Crippen LogP contribution is -2.38. The van der Waals surface area contributed by atoms with E-state index in [9.17, 15) is 14.4 Å². The van der Waals surface area contributed by atoms with Gasteiger partial charge in [-0.05, 0) is 78.8 Å². The van der Waals surface area contributed by atoms with E-state index in [1.165, 1.54) is 14.2 Å². The number of alkyl carbamates (subject to hydrolysis) is 1. The minimum absolute atomic E-state index is 0.0354. The molecule has 0 aliphatic rings. The number of ether oxygens (including phenoxy) is 3. The quantitative estimate of drug-likeness (QED) is 0.0643. The summed E-state index contributed by atoms with van der Waals surface area (Å²) in [6.45, 7) is 7.01. The molecule has 2 unspecified atom stereocenters. The lowest BCUT2D eigenvalue weighted by Gasteiger charge is -2.25. The number of benzene rings is 3. The zero-order valence-corrected chi connectivity index (χ0v) is 34.7. The number of anilines is 2. The van der Waals surface area contributed by atoms with Crippen LogP contribution in [0.25, 0.3) is 0 Å². The fourth-order valence-electron chi connectivity index (χ4n) is 5.60. The van der Waals surface area contributed by atoms with E-state index < -0.39 is 18.1 Å². The van der Waals surface area contributed by atoms with Crippen molar-refractivity contribution in [1.82, 2.24) is 5.32 Å². The Hall–Kier alpha value is -3.41. The first kappa shape index (κ1) is 46.7. The van der Waals surface area contributed by atoms with Crippen LogP contribution in [0.5, 0.6) is 0 Å². The van der Waals surface area contributed by atoms with Gasteiger partial charge in [-0.15, -0.1) is 46.4 Å². The normalized spacial score (nSPS) is 11.7. The molecule has 3 N–H and O–H groups in total. The van der Waals surface area contributed by atoms with Crippen LogP contribution in [0.15, 0.2) is 66.7 Å². The molecule has 0 heterocycles. The summed E-state index contributed by atoms with van der Waals surface area (Å²) in [4.78, 5) is 39.9. The van der Waals surface area contributed by atoms with Gasteiger partial charge in [-0.1, -0.05) is 42.5 Å². The van der Waals surface area contributed by atoms with E-state index >= 15 is 0 Å². The van der Waals surface area contributed by atoms with Gasteiger partial charge in [-0.2, -0.15) is 0 Å². The van der Waals surface area contributed by atoms with Gasteiger partial charge in [0.2, 0.25) is 0 Å². The maximum absolute atomic E-state index is 12.4. The fraction of sp³-hybridized carbons (Fsp3) is 0.475. The highest BCUT2D eigenvalue weighted by atomic mass is 35.5. The summed E-state index contributed by atoms with van der Waals surface area (Å²) in [7, 11) is 2.70. The van der Waals surface area contributed by atoms with Crippen LogP contribution >= 0.6 is 46.4 Å². The van der Waals surface area contributed by atoms with Gasteiger partial charge in [0, 0.05) is 73.2 Å². The molecule has 0 aliphatic heterocycles. The average Bonchev–Trinajstić information content (AvgIpc) is 3.16. The second-order valence-electron chi connectivity index (χ2n) is 12.6. The first-order chi connectivity index (χ1) is 26.0. The number of amides is 1. The minimum atomic E-state index is -0.581. The summed E-state index contributed by atoms with van der Waals surface area (Å²) in [6, 6.07) is 21.0. The summed E-state index contributed by atoms with van der Waals surface area (Å²) < 4.78 is 14.8. The molecule has 3 rings (SSSR count). The standard InChI is InChI=1S/C24H30Cl2N2O4.C16H24Cl2N2O2/c1-18-8-9-22(28(12-10-25)13-11-26)15-20(18)14-21(16-23(29)31-2)27-24(30)32-17-19-6-4-3-5-7-19;1-12-3-4-15(20(7-5-17)8-6-18)10-13(12)9-14(19)11-16(21)22-2/h3-9,15,21H,10-14,16-17H2,1-2H3,(H,27,30);3-4,10,14H,5-9,11,19H2,1-2H3. The summed E-state index contributed by atoms with van der Waals surface area (Å²) in [6.07, 6.45) is 0.748. The molecule has 298 valence electrons. The van der Waals surface area contributed by atoms with E-state index in [1.54, 1.807) is 0 Å². The molecule has 1 amide bonds. The van der Waals surface area contributed by atoms with Crippen molar-refractivity contribution >= 4 is 75.8 Å². The molecule has 0 saturated carbocycles. The van der Waals surface area contributed by atoms with Crippen LogP contribution in [-0.4, -0.2) is 94.0 Å². The molecule has 3 aromatic carbocycles. The van der Waals surface area contributed by atoms with Crippen molar-refractivity contribution in [2.45, 2.75) is 58.2 Å². The Bertz CT molecular complexity index is 1560. The van der Waals surface area contributed by atoms with Crippen LogP contribution in [0.4, 0.5) is 16.2 Å². The number of nitrogens with one attached hydrogen (secondary N) is 1. The van der Waals surface area contributed by atoms with Crippen LogP contribution in [0.1, 0.15) is 40.7 Å². The number of nitrogens with zero attached hydrogens (tertiary/aromatic N) is 2. The van der Waals surface area contributed by atoms with Gasteiger partial charge in [0.05, 0.1) is 27.1 Å². The van der Waals surface area contributed by atoms with E-state index in [4.69, 9.17) is 61.6 Å². The van der Waals surface area contributed by atoms with Crippen molar-refractivity contribution < 1.29 is 28.6 Å². The number of aryl methyl sites for hydroxylation is 2. The third-order valence-electron chi connectivity index (χ3n) is 8.59. The summed E-state index contributed by atoms with van der Waals surface area (Å²) in [5.74, 6) is 1.37. The lowest BCUT2D eigenvalue weighted by atomic mass is 9.98. The fourth-order valence-corrected chi connectivity index (χ4v) is 6.42. The predicted octanol–water partition coefficient (Wildman–Crippen LogP) is 7.39. The van der Waals surface area contributed by atoms with Gasteiger partial charge in [-0.3, -0.25) is 9.59 Å². The SMILES string of the molecule is COC(=O)CC(Cc1cc(N(CCCl)CCCl)ccc1C)NC(=O)OCc1ccccc1.COC(=O)CC(N)Cc1cc(N(CCCl)CCCl)ccc1C. The summed E-state index contributed by atoms with van der Waals surface area (Å²) in [5.41, 5.74) is 13.3. The van der Waals surface area contributed by atoms with Crippen molar-refractivity contribution in [2.75, 3.05) is 73.7 Å². The van der Waals surface area contributed by atoms with Gasteiger partial charge in [0.15, 0.2) is 0 Å². The maximum atomic E-state index is 12.4. The number of nitrogens with two attached hydrogens (primary N) is 1. The smallest absolute Gasteiger partial charge is 0.407 e. The highest BCUT2D eigenvalue weighted by Gasteiger charge is 2.20. The van der Waals surface area contributed by atoms with Crippen LogP contribution in [0, 0.1) is 13.8 Å². The molecule has 54 heavy (non-hydrogen) atoms. The highest BCUT2D eigenvalue weighted by Crippen LogP contribution is 2.23. The molecular formula is C40H54Cl4N4O6. The van der Waals surface area contributed by atoms with Crippen LogP contribution in [-0.2, 0) is 43.2 Å². The van der Waals surface area contributed by atoms with Gasteiger partial charge in [-0.25, -0.2) is 4.79 Å². The van der Waals surface area contributed by atoms with Gasteiger partial charge in [0.1, 0.15) is 6.61 Å². The molecule has 0 saturated heterocycles. The third kappa shape index (κ3) is 17.4. The number of carbonyl (C=O) groups is 3. The van der Waals surface area contributed by atoms with E-state index in [0.717, 1.165) is 52.3 Å². The van der Waals surface area contributed by atoms with Crippen molar-refractivity contribution in [3.63, 3.8) is 0 Å². The number of alkyl halides is 4. The number of esters is 2. The van der Waals surface area contributed by atoms with E-state index in [0.29, 0.717) is 49.5 Å². The van der Waals surface area contributed by atoms with Gasteiger partial charge >= 0.3 is 18.0 Å². The number of halogens is 4. The highest BCUT2D eigenvalue weighted by molar-refractivity contribution is 6.19. The van der Waals surface area contributed by atoms with Crippen LogP contribution in [0.2, 0.25) is 0 Å². The Morgan fingerprint density at radius 2 is 1.15 bits per heavy atom. The topological polar surface area (TPSA) is 123 Å². The predicted molar refractivity (Wildman–Crippen MR) is 222 cm³/mol. The third-order valence-corrected chi connectivity index (χ3v) is 9.27. The second-order valence-corrected chi connectivity index (χ2v) is 14.1. The molecule has 10 nitrogen and oxygen atoms in total. The molecule has 0 aromatic heterocycles. The Balaban J connectivity index is 0.000000401. The second kappa shape index (κ2) is 26.4. The van der Waals surface area contributed by atoms with Crippen molar-refractivity contribution in [1.29, 1.82) is 0 Å². The number of methoxy groups -OCH3 is 2. The van der Waals surface area contributed by atoms with Crippen molar-refractivity contribution in [2.24, 2.45) is 5.73 Å². The van der Waals surface area contributed by atoms with Crippen molar-refractivity contribution in [3.8, 4) is 0 Å². The van der Waals surface area contributed by atoms with E-state index in [2.05, 4.69) is 44.1 Å². The number of carbonyl (C=O) groups excluding carboxylic acids is 3. The molecule has 14 heteroatoms. The molecule has 0 spiro atoms. The summed E-state index contributed by atoms with van der Waals surface area (Å²) in [5, 5.41) is 2.81. The molecule has 2 atom stereocenters. The zero-order chi connectivity index (χ0) is 39.9. The number of rotatable bonds is 21. The zero-order valence-electron chi connectivity index (χ0n) is 31.6. The Morgan fingerprint density at radius 3 is 1.61 bits per heavy atom. The average molecular weight is 829 g/mol. The first-order valence-electron chi connectivity index (χ1n) is 17.8. The monoisotopic (exact) mass is 826 g/mol. The molecule has 0 aliphatic carbocycles. The maximum Gasteiger partial charge on any atom is 0.407 e. The Morgan fingerprint density at radius 1 is 0.685 bits per heavy atom. The molecule has 0 radical (unpaired) electrons. The minimum Gasteiger partial charge on any atom is -0.469 e. The number of hydrogen-bond acceptors (Lipinski definition) is 9. The molecular weight excluding hydrogens is 774 g/mol. The van der Waals surface area contributed by atoms with Crippen LogP contribution < -0.4 is 20.9 Å². The Kier molecular flexibility index (Phi) is 22.9. The van der Waals surface area contributed by atoms with Gasteiger partial charge in [0.25, 0.3) is 0 Å². The first-order valence-corrected chi connectivity index (χ1v) is 19.9. The van der Waals surface area contributed by atoms with Crippen LogP contribution in [0.3, 0.4) is 0 Å². The summed E-state index contributed by atoms with van der Waals surface area (Å²) >= 11 is 23.6.